The summed E-state index contributed by atoms with van der Waals surface area (Å²) in [5.74, 6) is -7.20. The molecule has 3 rings (SSSR count). The van der Waals surface area contributed by atoms with Crippen molar-refractivity contribution in [1.82, 2.24) is 10.2 Å². The molecule has 0 aliphatic carbocycles. The van der Waals surface area contributed by atoms with Gasteiger partial charge in [0.05, 0.1) is 18.2 Å². The van der Waals surface area contributed by atoms with Crippen molar-refractivity contribution in [2.24, 2.45) is 5.73 Å². The predicted octanol–water partition coefficient (Wildman–Crippen LogP) is 0.881. The van der Waals surface area contributed by atoms with Crippen LogP contribution in [-0.2, 0) is 23.9 Å². The Morgan fingerprint density at radius 1 is 1.22 bits per heavy atom. The van der Waals surface area contributed by atoms with Crippen LogP contribution >= 0.6 is 0 Å². The van der Waals surface area contributed by atoms with Gasteiger partial charge in [0.2, 0.25) is 0 Å². The van der Waals surface area contributed by atoms with Gasteiger partial charge < -0.3 is 25.3 Å². The topological polar surface area (TPSA) is 161 Å². The Hall–Kier alpha value is -3.52. The molecule has 2 aliphatic heterocycles. The summed E-state index contributed by atoms with van der Waals surface area (Å²) < 4.78 is 54.3. The van der Waals surface area contributed by atoms with Crippen LogP contribution in [-0.4, -0.2) is 78.6 Å². The highest BCUT2D eigenvalue weighted by Crippen LogP contribution is 2.34. The van der Waals surface area contributed by atoms with Gasteiger partial charge in [0, 0.05) is 12.0 Å². The molecule has 11 nitrogen and oxygen atoms in total. The zero-order valence-electron chi connectivity index (χ0n) is 19.3. The Labute approximate surface area is 203 Å². The minimum Gasteiger partial charge on any atom is -0.491 e. The number of benzene rings is 1. The van der Waals surface area contributed by atoms with Crippen LogP contribution in [0.25, 0.3) is 0 Å². The third-order valence-electron chi connectivity index (χ3n) is 5.74. The van der Waals surface area contributed by atoms with Crippen LogP contribution in [0.2, 0.25) is 0 Å². The second kappa shape index (κ2) is 10.6. The first-order valence-electron chi connectivity index (χ1n) is 11.1. The van der Waals surface area contributed by atoms with E-state index in [4.69, 9.17) is 20.6 Å². The molecule has 2 aliphatic rings. The molecule has 1 unspecified atom stereocenters. The van der Waals surface area contributed by atoms with E-state index in [2.05, 4.69) is 10.1 Å². The molecule has 4 N–H and O–H groups in total. The summed E-state index contributed by atoms with van der Waals surface area (Å²) in [5.41, 5.74) is 2.58. The van der Waals surface area contributed by atoms with E-state index in [0.717, 1.165) is 0 Å². The van der Waals surface area contributed by atoms with E-state index in [-0.39, 0.29) is 42.2 Å². The normalized spacial score (nSPS) is 18.3. The fourth-order valence-corrected chi connectivity index (χ4v) is 3.94. The number of nitrogen functional groups attached to an aromatic ring is 1. The number of ketones is 1. The number of esters is 2. The number of fused-ring (bicyclic) bond motifs is 1. The molecule has 0 radical (unpaired) electrons. The van der Waals surface area contributed by atoms with E-state index in [0.29, 0.717) is 18.0 Å². The largest absolute Gasteiger partial charge is 0.491 e. The van der Waals surface area contributed by atoms with Crippen LogP contribution in [0.3, 0.4) is 0 Å². The fraction of sp³-hybridized carbons (Fsp3) is 0.500. The highest BCUT2D eigenvalue weighted by atomic mass is 19.4. The van der Waals surface area contributed by atoms with Gasteiger partial charge in [-0.2, -0.15) is 13.2 Å². The van der Waals surface area contributed by atoms with Crippen molar-refractivity contribution in [2.75, 3.05) is 26.2 Å². The van der Waals surface area contributed by atoms with Crippen molar-refractivity contribution in [1.29, 1.82) is 5.41 Å². The summed E-state index contributed by atoms with van der Waals surface area (Å²) in [6, 6.07) is 3.88. The van der Waals surface area contributed by atoms with Crippen LogP contribution in [0, 0.1) is 5.41 Å². The first kappa shape index (κ1) is 27.1. The van der Waals surface area contributed by atoms with Crippen molar-refractivity contribution in [3.05, 3.63) is 29.3 Å². The minimum absolute atomic E-state index is 0.0188. The summed E-state index contributed by atoms with van der Waals surface area (Å²) in [7, 11) is 0. The van der Waals surface area contributed by atoms with E-state index in [1.165, 1.54) is 25.1 Å². The van der Waals surface area contributed by atoms with Crippen LogP contribution in [0.15, 0.2) is 18.2 Å². The Morgan fingerprint density at radius 2 is 1.89 bits per heavy atom. The molecule has 2 heterocycles. The molecular formula is C22H25F3N4O7. The van der Waals surface area contributed by atoms with Crippen LogP contribution in [0.4, 0.5) is 13.2 Å². The van der Waals surface area contributed by atoms with Gasteiger partial charge in [-0.05, 0) is 38.1 Å². The van der Waals surface area contributed by atoms with E-state index in [1.807, 2.05) is 0 Å². The number of hydrogen-bond donors (Lipinski definition) is 3. The second-order valence-electron chi connectivity index (χ2n) is 8.09. The van der Waals surface area contributed by atoms with Crippen LogP contribution < -0.4 is 15.8 Å². The van der Waals surface area contributed by atoms with Gasteiger partial charge in [-0.1, -0.05) is 13.0 Å². The summed E-state index contributed by atoms with van der Waals surface area (Å²) in [5, 5.41) is 10.6. The average Bonchev–Trinajstić information content (AvgIpc) is 3.00. The highest BCUT2D eigenvalue weighted by Gasteiger charge is 2.59. The first-order valence-corrected chi connectivity index (χ1v) is 11.1. The van der Waals surface area contributed by atoms with Gasteiger partial charge in [0.15, 0.2) is 5.78 Å². The third kappa shape index (κ3) is 5.33. The number of halogens is 3. The van der Waals surface area contributed by atoms with Gasteiger partial charge in [-0.25, -0.2) is 9.59 Å². The van der Waals surface area contributed by atoms with Crippen molar-refractivity contribution in [2.45, 2.75) is 44.2 Å². The van der Waals surface area contributed by atoms with Crippen molar-refractivity contribution >= 4 is 29.5 Å². The third-order valence-corrected chi connectivity index (χ3v) is 5.74. The molecule has 1 atom stereocenters. The van der Waals surface area contributed by atoms with Crippen molar-refractivity contribution in [3.8, 4) is 5.75 Å². The smallest absolute Gasteiger partial charge is 0.491 e. The van der Waals surface area contributed by atoms with Gasteiger partial charge in [-0.3, -0.25) is 19.9 Å². The molecule has 1 aromatic rings. The molecule has 0 bridgehead atoms. The standard InChI is InChI=1S/C22H25F3N4O7/c1-2-16(30)21(36-13-5-7-28-8-6-13,19(32)35-20(33)22(23,24)25)29-9-10-34-15-11-12(17(26)27)3-4-14(15)18(29)31/h3-4,11,13,28H,2,5-10H2,1H3,(H3,26,27). The maximum absolute atomic E-state index is 13.6. The average molecular weight is 514 g/mol. The number of hydrogen-bond acceptors (Lipinski definition) is 9. The zero-order chi connectivity index (χ0) is 26.7. The monoisotopic (exact) mass is 514 g/mol. The molecule has 14 heteroatoms. The Bertz CT molecular complexity index is 1070. The molecule has 0 aromatic heterocycles. The number of amides is 1. The molecule has 0 spiro atoms. The highest BCUT2D eigenvalue weighted by molar-refractivity contribution is 6.14. The van der Waals surface area contributed by atoms with Gasteiger partial charge >= 0.3 is 23.8 Å². The molecule has 1 aromatic carbocycles. The van der Waals surface area contributed by atoms with Crippen molar-refractivity contribution < 1.29 is 46.6 Å². The number of rotatable bonds is 7. The fourth-order valence-electron chi connectivity index (χ4n) is 3.94. The zero-order valence-corrected chi connectivity index (χ0v) is 19.3. The lowest BCUT2D eigenvalue weighted by atomic mass is 9.99. The van der Waals surface area contributed by atoms with Gasteiger partial charge in [0.25, 0.3) is 5.91 Å². The number of carbonyl (C=O) groups excluding carboxylic acids is 4. The number of nitrogens with two attached hydrogens (primary N) is 1. The lowest BCUT2D eigenvalue weighted by Gasteiger charge is -2.41. The van der Waals surface area contributed by atoms with Crippen molar-refractivity contribution in [3.63, 3.8) is 0 Å². The lowest BCUT2D eigenvalue weighted by molar-refractivity contribution is -0.224. The maximum Gasteiger partial charge on any atom is 0.491 e. The number of nitrogens with one attached hydrogen (secondary N) is 2. The molecule has 36 heavy (non-hydrogen) atoms. The SMILES string of the molecule is CCC(=O)C(OC1CCNCC1)(C(=O)OC(=O)C(F)(F)F)N1CCOc2cc(C(=N)N)ccc2C1=O. The number of alkyl halides is 3. The minimum atomic E-state index is -5.53. The number of amidine groups is 1. The molecular weight excluding hydrogens is 489 g/mol. The summed E-state index contributed by atoms with van der Waals surface area (Å²) in [6.07, 6.45) is -6.23. The number of carbonyl (C=O) groups is 4. The number of ether oxygens (including phenoxy) is 3. The molecule has 1 saturated heterocycles. The van der Waals surface area contributed by atoms with E-state index in [1.54, 1.807) is 0 Å². The second-order valence-corrected chi connectivity index (χ2v) is 8.09. The van der Waals surface area contributed by atoms with Crippen LogP contribution in [0.5, 0.6) is 5.75 Å². The Kier molecular flexibility index (Phi) is 7.99. The Morgan fingerprint density at radius 3 is 2.47 bits per heavy atom. The van der Waals surface area contributed by atoms with Gasteiger partial charge in [-0.15, -0.1) is 0 Å². The quantitative estimate of drug-likeness (QED) is 0.208. The van der Waals surface area contributed by atoms with Crippen LogP contribution in [0.1, 0.15) is 42.1 Å². The van der Waals surface area contributed by atoms with Gasteiger partial charge in [0.1, 0.15) is 18.2 Å². The predicted molar refractivity (Wildman–Crippen MR) is 116 cm³/mol. The van der Waals surface area contributed by atoms with E-state index >= 15 is 0 Å². The first-order chi connectivity index (χ1) is 16.9. The van der Waals surface area contributed by atoms with E-state index in [9.17, 15) is 32.3 Å². The Balaban J connectivity index is 2.13. The molecule has 1 amide bonds. The lowest BCUT2D eigenvalue weighted by Crippen LogP contribution is -2.66. The summed E-state index contributed by atoms with van der Waals surface area (Å²) in [6.45, 7) is 1.41. The number of Topliss-reactive ketones (excluding diaryl/α,β-unsaturated/α-hetero) is 1. The molecule has 1 fully saturated rings. The number of nitrogens with zero attached hydrogens (tertiary/aromatic N) is 1. The van der Waals surface area contributed by atoms with E-state index < -0.39 is 54.6 Å². The molecule has 196 valence electrons. The summed E-state index contributed by atoms with van der Waals surface area (Å²) >= 11 is 0. The maximum atomic E-state index is 13.6. The number of piperidine rings is 1. The molecule has 0 saturated carbocycles. The summed E-state index contributed by atoms with van der Waals surface area (Å²) in [4.78, 5) is 52.3.